The smallest absolute Gasteiger partial charge is 0.341 e. The predicted octanol–water partition coefficient (Wildman–Crippen LogP) is 4.08. The lowest BCUT2D eigenvalue weighted by atomic mass is 9.42. The first-order valence-corrected chi connectivity index (χ1v) is 13.7. The summed E-state index contributed by atoms with van der Waals surface area (Å²) in [6.45, 7) is 20.4. The van der Waals surface area contributed by atoms with E-state index in [1.54, 1.807) is 39.8 Å². The Balaban J connectivity index is 1.80. The first-order valence-electron chi connectivity index (χ1n) is 13.7. The highest BCUT2D eigenvalue weighted by molar-refractivity contribution is 5.90. The van der Waals surface area contributed by atoms with E-state index in [9.17, 15) is 19.5 Å². The van der Waals surface area contributed by atoms with Crippen LogP contribution < -0.4 is 0 Å². The van der Waals surface area contributed by atoms with E-state index in [4.69, 9.17) is 18.9 Å². The van der Waals surface area contributed by atoms with Crippen LogP contribution >= 0.6 is 0 Å². The van der Waals surface area contributed by atoms with Gasteiger partial charge in [0.15, 0.2) is 11.4 Å². The topological polar surface area (TPSA) is 112 Å². The van der Waals surface area contributed by atoms with E-state index in [2.05, 4.69) is 6.58 Å². The fraction of sp³-hybridized carbons (Fsp3) is 0.767. The van der Waals surface area contributed by atoms with E-state index in [1.807, 2.05) is 34.6 Å². The predicted molar refractivity (Wildman–Crippen MR) is 140 cm³/mol. The highest BCUT2D eigenvalue weighted by Gasteiger charge is 2.73. The Bertz CT molecular complexity index is 1080. The summed E-state index contributed by atoms with van der Waals surface area (Å²) in [7, 11) is 0. The highest BCUT2D eigenvalue weighted by Crippen LogP contribution is 2.66. The second-order valence-electron chi connectivity index (χ2n) is 13.2. The summed E-state index contributed by atoms with van der Waals surface area (Å²) in [5, 5.41) is 11.7. The zero-order valence-electron chi connectivity index (χ0n) is 24.3. The molecule has 2 aliphatic heterocycles. The molecule has 2 aliphatic carbocycles. The molecule has 38 heavy (non-hydrogen) atoms. The fourth-order valence-corrected chi connectivity index (χ4v) is 7.65. The van der Waals surface area contributed by atoms with Crippen LogP contribution in [0.15, 0.2) is 24.3 Å². The van der Waals surface area contributed by atoms with E-state index >= 15 is 0 Å². The van der Waals surface area contributed by atoms with Crippen LogP contribution in [0.3, 0.4) is 0 Å². The molecule has 2 saturated heterocycles. The molecule has 0 spiro atoms. The van der Waals surface area contributed by atoms with Crippen molar-refractivity contribution in [2.24, 2.45) is 22.7 Å². The van der Waals surface area contributed by atoms with Gasteiger partial charge in [-0.05, 0) is 47.5 Å². The molecule has 0 aromatic rings. The number of rotatable bonds is 5. The Kier molecular flexibility index (Phi) is 6.86. The van der Waals surface area contributed by atoms with Gasteiger partial charge in [0, 0.05) is 41.6 Å². The molecule has 1 N–H and O–H groups in total. The number of Topliss-reactive ketones (excluding diaryl/α,β-unsaturated/α-hetero) is 1. The Labute approximate surface area is 226 Å². The molecule has 0 unspecified atom stereocenters. The molecule has 4 fully saturated rings. The quantitative estimate of drug-likeness (QED) is 0.244. The molecule has 2 heterocycles. The molecule has 4 aliphatic rings. The molecule has 8 nitrogen and oxygen atoms in total. The summed E-state index contributed by atoms with van der Waals surface area (Å²) in [6.07, 6.45) is 1.40. The number of carbonyl (C=O) groups excluding carboxylic acids is 3. The van der Waals surface area contributed by atoms with E-state index in [0.29, 0.717) is 5.57 Å². The maximum Gasteiger partial charge on any atom is 0.341 e. The first-order chi connectivity index (χ1) is 17.4. The van der Waals surface area contributed by atoms with Gasteiger partial charge in [-0.1, -0.05) is 32.9 Å². The van der Waals surface area contributed by atoms with Crippen LogP contribution in [0.1, 0.15) is 81.6 Å². The summed E-state index contributed by atoms with van der Waals surface area (Å²) >= 11 is 0. The number of fused-ring (bicyclic) bond motifs is 3. The molecule has 0 aromatic carbocycles. The van der Waals surface area contributed by atoms with Crippen molar-refractivity contribution in [2.75, 3.05) is 0 Å². The van der Waals surface area contributed by atoms with Crippen LogP contribution in [0.25, 0.3) is 0 Å². The van der Waals surface area contributed by atoms with Crippen LogP contribution in [0.2, 0.25) is 0 Å². The van der Waals surface area contributed by atoms with Crippen LogP contribution in [0.5, 0.6) is 0 Å². The monoisotopic (exact) mass is 532 g/mol. The van der Waals surface area contributed by atoms with Crippen molar-refractivity contribution >= 4 is 17.7 Å². The minimum absolute atomic E-state index is 0.127. The number of aliphatic hydroxyl groups excluding tert-OH is 1. The Morgan fingerprint density at radius 1 is 1.11 bits per heavy atom. The zero-order chi connectivity index (χ0) is 28.6. The third-order valence-electron chi connectivity index (χ3n) is 10.5. The van der Waals surface area contributed by atoms with Crippen LogP contribution in [0, 0.1) is 22.7 Å². The van der Waals surface area contributed by atoms with Crippen molar-refractivity contribution in [3.63, 3.8) is 0 Å². The van der Waals surface area contributed by atoms with Crippen LogP contribution in [-0.4, -0.2) is 64.0 Å². The van der Waals surface area contributed by atoms with Gasteiger partial charge in [-0.25, -0.2) is 9.59 Å². The largest absolute Gasteiger partial charge is 0.459 e. The molecule has 2 saturated carbocycles. The molecular weight excluding hydrogens is 488 g/mol. The van der Waals surface area contributed by atoms with Gasteiger partial charge in [-0.3, -0.25) is 4.79 Å². The Hall–Kier alpha value is -2.03. The second-order valence-corrected chi connectivity index (χ2v) is 13.2. The molecule has 0 radical (unpaired) electrons. The fourth-order valence-electron chi connectivity index (χ4n) is 7.65. The molecular formula is C30H44O8. The number of ketones is 1. The lowest BCUT2D eigenvalue weighted by Gasteiger charge is -2.67. The van der Waals surface area contributed by atoms with E-state index in [0.717, 1.165) is 0 Å². The molecule has 0 amide bonds. The van der Waals surface area contributed by atoms with Crippen LogP contribution in [0.4, 0.5) is 0 Å². The Morgan fingerprint density at radius 2 is 1.71 bits per heavy atom. The number of hydrogen-bond donors (Lipinski definition) is 1. The van der Waals surface area contributed by atoms with E-state index in [-0.39, 0.29) is 37.1 Å². The van der Waals surface area contributed by atoms with Crippen molar-refractivity contribution in [2.45, 2.75) is 123 Å². The van der Waals surface area contributed by atoms with Gasteiger partial charge >= 0.3 is 11.9 Å². The number of carbonyl (C=O) groups is 3. The minimum Gasteiger partial charge on any atom is -0.459 e. The molecule has 212 valence electrons. The third kappa shape index (κ3) is 4.09. The summed E-state index contributed by atoms with van der Waals surface area (Å²) in [5.74, 6) is -2.09. The van der Waals surface area contributed by atoms with E-state index in [1.165, 1.54) is 0 Å². The van der Waals surface area contributed by atoms with Crippen molar-refractivity contribution < 1.29 is 38.4 Å². The van der Waals surface area contributed by atoms with Gasteiger partial charge in [0.05, 0.1) is 17.8 Å². The average Bonchev–Trinajstić information content (AvgIpc) is 3.45. The number of aliphatic hydroxyl groups is 1. The van der Waals surface area contributed by atoms with Gasteiger partial charge in [0.2, 0.25) is 0 Å². The van der Waals surface area contributed by atoms with Gasteiger partial charge in [0.1, 0.15) is 17.8 Å². The maximum atomic E-state index is 13.9. The van der Waals surface area contributed by atoms with Crippen molar-refractivity contribution in [3.8, 4) is 0 Å². The SMILES string of the molecule is C=C[C@]1(C)C[C@@H](O)[C@H]2[C@@]3(C)[C@H](CC(=O)[C@]2(C)O1)C(C)(C)[C@@H](OC(=O)[C@]1(C)O[C@@H]1C)C[C@H]3OC(=O)/C(C)=C/C. The first kappa shape index (κ1) is 29.0. The summed E-state index contributed by atoms with van der Waals surface area (Å²) in [6, 6.07) is 0. The zero-order valence-corrected chi connectivity index (χ0v) is 24.3. The van der Waals surface area contributed by atoms with Crippen molar-refractivity contribution in [1.82, 2.24) is 0 Å². The summed E-state index contributed by atoms with van der Waals surface area (Å²) in [5.41, 5.74) is -4.27. The number of hydrogen-bond acceptors (Lipinski definition) is 8. The second kappa shape index (κ2) is 9.00. The lowest BCUT2D eigenvalue weighted by molar-refractivity contribution is -0.295. The standard InChI is InChI=1S/C30H44O8/c1-11-16(3)24(33)35-22-14-21(36-25(34)29(9)17(4)37-29)26(5,6)19-13-20(32)30(10)23(28(19,22)8)18(31)15-27(7,12-2)38-30/h11-12,17-19,21-23,31H,2,13-15H2,1,3-10H3/b16-11+/t17-,18-,19-,21+,22-,23+,27-,28+,29-,30+/m1/s1. The normalized spacial score (nSPS) is 47.8. The maximum absolute atomic E-state index is 13.9. The van der Waals surface area contributed by atoms with Gasteiger partial charge in [-0.15, -0.1) is 6.58 Å². The number of esters is 2. The molecule has 4 rings (SSSR count). The number of ether oxygens (including phenoxy) is 4. The molecule has 8 heteroatoms. The van der Waals surface area contributed by atoms with Gasteiger partial charge in [0.25, 0.3) is 0 Å². The third-order valence-corrected chi connectivity index (χ3v) is 10.5. The number of epoxide rings is 1. The number of allylic oxidation sites excluding steroid dienone is 1. The summed E-state index contributed by atoms with van der Waals surface area (Å²) < 4.78 is 24.2. The van der Waals surface area contributed by atoms with Crippen LogP contribution in [-0.2, 0) is 33.3 Å². The Morgan fingerprint density at radius 3 is 2.24 bits per heavy atom. The summed E-state index contributed by atoms with van der Waals surface area (Å²) in [4.78, 5) is 40.1. The highest BCUT2D eigenvalue weighted by atomic mass is 16.7. The average molecular weight is 533 g/mol. The van der Waals surface area contributed by atoms with Crippen molar-refractivity contribution in [3.05, 3.63) is 24.3 Å². The minimum atomic E-state index is -1.31. The molecule has 10 atom stereocenters. The van der Waals surface area contributed by atoms with Crippen molar-refractivity contribution in [1.29, 1.82) is 0 Å². The van der Waals surface area contributed by atoms with Gasteiger partial charge in [-0.2, -0.15) is 0 Å². The molecule has 0 bridgehead atoms. The van der Waals surface area contributed by atoms with E-state index < -0.39 is 63.8 Å². The lowest BCUT2D eigenvalue weighted by Crippen LogP contribution is -2.74. The van der Waals surface area contributed by atoms with Gasteiger partial charge < -0.3 is 24.1 Å². The molecule has 0 aromatic heterocycles.